The number of hydrogen-bond donors (Lipinski definition) is 0. The van der Waals surface area contributed by atoms with Crippen LogP contribution in [0.1, 0.15) is 23.6 Å². The second-order valence-electron chi connectivity index (χ2n) is 5.69. The second kappa shape index (κ2) is 5.94. The van der Waals surface area contributed by atoms with Gasteiger partial charge >= 0.3 is 0 Å². The number of nitriles is 2. The van der Waals surface area contributed by atoms with Crippen LogP contribution in [0, 0.1) is 28.1 Å². The van der Waals surface area contributed by atoms with Gasteiger partial charge in [-0.05, 0) is 11.1 Å². The highest BCUT2D eigenvalue weighted by Gasteiger charge is 2.53. The van der Waals surface area contributed by atoms with E-state index in [0.29, 0.717) is 6.54 Å². The van der Waals surface area contributed by atoms with E-state index in [9.17, 15) is 15.3 Å². The number of amides is 1. The van der Waals surface area contributed by atoms with Gasteiger partial charge < -0.3 is 4.90 Å². The number of likely N-dealkylation sites (tertiary alicyclic amines) is 1. The molecule has 0 N–H and O–H groups in total. The molecule has 2 aromatic carbocycles. The molecule has 0 saturated carbocycles. The van der Waals surface area contributed by atoms with Gasteiger partial charge in [-0.3, -0.25) is 4.79 Å². The van der Waals surface area contributed by atoms with Crippen molar-refractivity contribution in [2.75, 3.05) is 0 Å². The molecule has 1 aliphatic heterocycles. The van der Waals surface area contributed by atoms with Crippen molar-refractivity contribution in [3.05, 3.63) is 71.8 Å². The fraction of sp³-hybridized carbons (Fsp3) is 0.211. The van der Waals surface area contributed by atoms with Gasteiger partial charge in [0, 0.05) is 6.54 Å². The molecule has 1 saturated heterocycles. The van der Waals surface area contributed by atoms with Crippen LogP contribution < -0.4 is 0 Å². The molecule has 4 nitrogen and oxygen atoms in total. The SMILES string of the molecule is N#CC1(C#N)CC(=O)N(Cc2ccccc2)[C@H]1c1ccccc1. The third-order valence-corrected chi connectivity index (χ3v) is 4.24. The number of nitrogens with zero attached hydrogens (tertiary/aromatic N) is 3. The molecule has 1 amide bonds. The molecule has 1 heterocycles. The first-order valence-electron chi connectivity index (χ1n) is 7.41. The highest BCUT2D eigenvalue weighted by atomic mass is 16.2. The van der Waals surface area contributed by atoms with Crippen LogP contribution in [0.15, 0.2) is 60.7 Å². The first-order chi connectivity index (χ1) is 11.2. The average Bonchev–Trinajstić information content (AvgIpc) is 2.89. The molecule has 4 heteroatoms. The second-order valence-corrected chi connectivity index (χ2v) is 5.69. The van der Waals surface area contributed by atoms with Gasteiger partial charge in [0.05, 0.1) is 24.6 Å². The zero-order chi connectivity index (χ0) is 16.3. The van der Waals surface area contributed by atoms with Crippen molar-refractivity contribution in [1.29, 1.82) is 10.5 Å². The van der Waals surface area contributed by atoms with Crippen molar-refractivity contribution >= 4 is 5.91 Å². The molecule has 0 radical (unpaired) electrons. The summed E-state index contributed by atoms with van der Waals surface area (Å²) in [5, 5.41) is 19.2. The Bertz CT molecular complexity index is 773. The molecule has 0 unspecified atom stereocenters. The van der Waals surface area contributed by atoms with Gasteiger partial charge in [-0.15, -0.1) is 0 Å². The van der Waals surface area contributed by atoms with Gasteiger partial charge in [-0.25, -0.2) is 0 Å². The Morgan fingerprint density at radius 3 is 2.13 bits per heavy atom. The van der Waals surface area contributed by atoms with Crippen molar-refractivity contribution in [2.45, 2.75) is 19.0 Å². The van der Waals surface area contributed by atoms with E-state index in [4.69, 9.17) is 0 Å². The number of hydrogen-bond acceptors (Lipinski definition) is 3. The molecule has 0 bridgehead atoms. The summed E-state index contributed by atoms with van der Waals surface area (Å²) in [4.78, 5) is 14.2. The van der Waals surface area contributed by atoms with Gasteiger partial charge in [-0.2, -0.15) is 10.5 Å². The molecular formula is C19H15N3O. The summed E-state index contributed by atoms with van der Waals surface area (Å²) >= 11 is 0. The van der Waals surface area contributed by atoms with Crippen LogP contribution >= 0.6 is 0 Å². The molecule has 0 aliphatic carbocycles. The molecule has 0 spiro atoms. The summed E-state index contributed by atoms with van der Waals surface area (Å²) in [7, 11) is 0. The fourth-order valence-electron chi connectivity index (χ4n) is 3.13. The van der Waals surface area contributed by atoms with Crippen LogP contribution in [-0.4, -0.2) is 10.8 Å². The topological polar surface area (TPSA) is 67.9 Å². The minimum absolute atomic E-state index is 0.0631. The van der Waals surface area contributed by atoms with Gasteiger partial charge in [-0.1, -0.05) is 60.7 Å². The summed E-state index contributed by atoms with van der Waals surface area (Å²) in [6.45, 7) is 0.393. The summed E-state index contributed by atoms with van der Waals surface area (Å²) in [5.74, 6) is -0.161. The lowest BCUT2D eigenvalue weighted by atomic mass is 9.79. The van der Waals surface area contributed by atoms with E-state index in [1.54, 1.807) is 4.90 Å². The van der Waals surface area contributed by atoms with Crippen LogP contribution in [0.25, 0.3) is 0 Å². The molecule has 3 rings (SSSR count). The minimum Gasteiger partial charge on any atom is -0.329 e. The van der Waals surface area contributed by atoms with E-state index in [0.717, 1.165) is 11.1 Å². The Kier molecular flexibility index (Phi) is 3.83. The predicted molar refractivity (Wildman–Crippen MR) is 84.5 cm³/mol. The maximum Gasteiger partial charge on any atom is 0.226 e. The summed E-state index contributed by atoms with van der Waals surface area (Å²) in [6, 6.07) is 22.6. The lowest BCUT2D eigenvalue weighted by molar-refractivity contribution is -0.129. The Hall–Kier alpha value is -3.11. The summed E-state index contributed by atoms with van der Waals surface area (Å²) < 4.78 is 0. The van der Waals surface area contributed by atoms with Crippen LogP contribution in [0.5, 0.6) is 0 Å². The molecule has 1 atom stereocenters. The van der Waals surface area contributed by atoms with E-state index in [2.05, 4.69) is 12.1 Å². The van der Waals surface area contributed by atoms with Crippen molar-refractivity contribution < 1.29 is 4.79 Å². The molecule has 0 aromatic heterocycles. The minimum atomic E-state index is -1.34. The standard InChI is InChI=1S/C19H15N3O/c20-13-19(14-21)11-17(23)22(12-15-7-3-1-4-8-15)18(19)16-9-5-2-6-10-16/h1-10,18H,11-12H2/t18-/m0/s1. The number of carbonyl (C=O) groups is 1. The van der Waals surface area contributed by atoms with E-state index >= 15 is 0 Å². The van der Waals surface area contributed by atoms with Crippen LogP contribution in [-0.2, 0) is 11.3 Å². The van der Waals surface area contributed by atoms with E-state index in [-0.39, 0.29) is 12.3 Å². The maximum absolute atomic E-state index is 12.5. The van der Waals surface area contributed by atoms with Gasteiger partial charge in [0.2, 0.25) is 5.91 Å². The smallest absolute Gasteiger partial charge is 0.226 e. The lowest BCUT2D eigenvalue weighted by Crippen LogP contribution is -2.31. The van der Waals surface area contributed by atoms with Crippen molar-refractivity contribution in [2.24, 2.45) is 5.41 Å². The number of carbonyl (C=O) groups excluding carboxylic acids is 1. The molecule has 1 aliphatic rings. The highest BCUT2D eigenvalue weighted by Crippen LogP contribution is 2.47. The van der Waals surface area contributed by atoms with E-state index in [1.807, 2.05) is 60.7 Å². The zero-order valence-corrected chi connectivity index (χ0v) is 12.5. The van der Waals surface area contributed by atoms with Gasteiger partial charge in [0.1, 0.15) is 0 Å². The molecule has 1 fully saturated rings. The predicted octanol–water partition coefficient (Wildman–Crippen LogP) is 3.19. The molecule has 2 aromatic rings. The third-order valence-electron chi connectivity index (χ3n) is 4.24. The summed E-state index contributed by atoms with van der Waals surface area (Å²) in [5.41, 5.74) is 0.457. The van der Waals surface area contributed by atoms with Crippen molar-refractivity contribution in [3.8, 4) is 12.1 Å². The lowest BCUT2D eigenvalue weighted by Gasteiger charge is -2.29. The Morgan fingerprint density at radius 1 is 1.00 bits per heavy atom. The van der Waals surface area contributed by atoms with Crippen LogP contribution in [0.4, 0.5) is 0 Å². The quantitative estimate of drug-likeness (QED) is 0.874. The fourth-order valence-corrected chi connectivity index (χ4v) is 3.13. The largest absolute Gasteiger partial charge is 0.329 e. The van der Waals surface area contributed by atoms with E-state index < -0.39 is 11.5 Å². The average molecular weight is 301 g/mol. The van der Waals surface area contributed by atoms with Gasteiger partial charge in [0.25, 0.3) is 0 Å². The van der Waals surface area contributed by atoms with E-state index in [1.165, 1.54) is 0 Å². The Labute approximate surface area is 135 Å². The molecule has 23 heavy (non-hydrogen) atoms. The van der Waals surface area contributed by atoms with Crippen LogP contribution in [0.2, 0.25) is 0 Å². The summed E-state index contributed by atoms with van der Waals surface area (Å²) in [6.07, 6.45) is -0.0631. The molecular weight excluding hydrogens is 286 g/mol. The van der Waals surface area contributed by atoms with Gasteiger partial charge in [0.15, 0.2) is 5.41 Å². The van der Waals surface area contributed by atoms with Crippen molar-refractivity contribution in [1.82, 2.24) is 4.90 Å². The zero-order valence-electron chi connectivity index (χ0n) is 12.5. The number of rotatable bonds is 3. The Balaban J connectivity index is 2.05. The third kappa shape index (κ3) is 2.56. The van der Waals surface area contributed by atoms with Crippen molar-refractivity contribution in [3.63, 3.8) is 0 Å². The normalized spacial score (nSPS) is 19.1. The monoisotopic (exact) mass is 301 g/mol. The maximum atomic E-state index is 12.5. The first-order valence-corrected chi connectivity index (χ1v) is 7.41. The van der Waals surface area contributed by atoms with Crippen LogP contribution in [0.3, 0.4) is 0 Å². The Morgan fingerprint density at radius 2 is 1.57 bits per heavy atom. The molecule has 112 valence electrons. The first kappa shape index (κ1) is 14.8. The number of benzene rings is 2. The highest BCUT2D eigenvalue weighted by molar-refractivity contribution is 5.82.